The Bertz CT molecular complexity index is 394. The minimum Gasteiger partial charge on any atom is -0.358 e. The Labute approximate surface area is 103 Å². The topological polar surface area (TPSA) is 19.4 Å². The summed E-state index contributed by atoms with van der Waals surface area (Å²) in [5.74, 6) is 1.14. The predicted octanol–water partition coefficient (Wildman–Crippen LogP) is 0.784. The van der Waals surface area contributed by atoms with Crippen molar-refractivity contribution in [2.24, 2.45) is 0 Å². The summed E-state index contributed by atoms with van der Waals surface area (Å²) in [5, 5.41) is 0. The van der Waals surface area contributed by atoms with E-state index in [-0.39, 0.29) is 0 Å². The smallest absolute Gasteiger partial charge is 0.190 e. The second-order valence-corrected chi connectivity index (χ2v) is 5.40. The van der Waals surface area contributed by atoms with Crippen LogP contribution >= 0.6 is 0 Å². The molecule has 1 aromatic rings. The lowest BCUT2D eigenvalue weighted by molar-refractivity contribution is 0.0683. The first-order valence-corrected chi connectivity index (χ1v) is 6.43. The van der Waals surface area contributed by atoms with E-state index in [1.54, 1.807) is 0 Å². The Kier molecular flexibility index (Phi) is 2.56. The lowest BCUT2D eigenvalue weighted by atomic mass is 10.1. The van der Waals surface area contributed by atoms with E-state index in [1.807, 2.05) is 6.20 Å². The summed E-state index contributed by atoms with van der Waals surface area (Å²) in [7, 11) is 4.18. The molecule has 4 rings (SSSR count). The largest absolute Gasteiger partial charge is 0.358 e. The van der Waals surface area contributed by atoms with Gasteiger partial charge in [-0.05, 0) is 6.07 Å². The molecule has 0 spiro atoms. The van der Waals surface area contributed by atoms with Gasteiger partial charge in [0.2, 0.25) is 0 Å². The maximum absolute atomic E-state index is 4.56. The molecule has 4 heteroatoms. The van der Waals surface area contributed by atoms with Crippen LogP contribution in [0.1, 0.15) is 0 Å². The summed E-state index contributed by atoms with van der Waals surface area (Å²) < 4.78 is 1.14. The van der Waals surface area contributed by atoms with E-state index in [9.17, 15) is 0 Å². The molecule has 17 heavy (non-hydrogen) atoms. The van der Waals surface area contributed by atoms with Crippen LogP contribution < -0.4 is 9.38 Å². The molecule has 3 saturated heterocycles. The molecule has 92 valence electrons. The van der Waals surface area contributed by atoms with Crippen molar-refractivity contribution in [2.75, 3.05) is 58.3 Å². The third-order valence-corrected chi connectivity index (χ3v) is 4.23. The first-order valence-electron chi connectivity index (χ1n) is 6.43. The average molecular weight is 233 g/mol. The fraction of sp³-hybridized carbons (Fsp3) is 0.615. The number of aromatic nitrogens is 1. The minimum absolute atomic E-state index is 1.14. The van der Waals surface area contributed by atoms with Crippen LogP contribution in [0.5, 0.6) is 0 Å². The molecule has 0 radical (unpaired) electrons. The molecule has 1 aromatic heterocycles. The lowest BCUT2D eigenvalue weighted by Gasteiger charge is -2.50. The molecule has 0 atom stereocenters. The Morgan fingerprint density at radius 2 is 1.82 bits per heavy atom. The van der Waals surface area contributed by atoms with E-state index in [4.69, 9.17) is 0 Å². The van der Waals surface area contributed by atoms with Crippen LogP contribution in [0.25, 0.3) is 0 Å². The maximum Gasteiger partial charge on any atom is 0.190 e. The Balaban J connectivity index is 2.02. The second kappa shape index (κ2) is 3.96. The monoisotopic (exact) mass is 233 g/mol. The van der Waals surface area contributed by atoms with Crippen LogP contribution in [0.2, 0.25) is 0 Å². The van der Waals surface area contributed by atoms with Crippen molar-refractivity contribution in [3.05, 3.63) is 18.3 Å². The van der Waals surface area contributed by atoms with Crippen molar-refractivity contribution in [3.8, 4) is 0 Å². The van der Waals surface area contributed by atoms with Gasteiger partial charge in [-0.1, -0.05) is 0 Å². The number of nitrogens with zero attached hydrogens (tertiary/aromatic N) is 4. The van der Waals surface area contributed by atoms with Gasteiger partial charge in [0.25, 0.3) is 0 Å². The second-order valence-electron chi connectivity index (χ2n) is 5.40. The van der Waals surface area contributed by atoms with Crippen molar-refractivity contribution in [1.82, 2.24) is 14.4 Å². The molecule has 3 aliphatic rings. The Hall–Kier alpha value is -1.13. The normalized spacial score (nSPS) is 31.5. The maximum atomic E-state index is 4.56. The number of quaternary nitrogens is 1. The average Bonchev–Trinajstić information content (AvgIpc) is 2.41. The highest BCUT2D eigenvalue weighted by Crippen LogP contribution is 2.34. The number of hydrogen-bond acceptors (Lipinski definition) is 3. The number of piperazine rings is 3. The van der Waals surface area contributed by atoms with Gasteiger partial charge in [-0.2, -0.15) is 0 Å². The fourth-order valence-corrected chi connectivity index (χ4v) is 3.13. The van der Waals surface area contributed by atoms with E-state index < -0.39 is 0 Å². The highest BCUT2D eigenvalue weighted by atomic mass is 15.5. The van der Waals surface area contributed by atoms with Crippen molar-refractivity contribution >= 4 is 11.5 Å². The number of fused-ring (bicyclic) bond motifs is 3. The number of pyridine rings is 1. The molecule has 4 heterocycles. The van der Waals surface area contributed by atoms with Crippen LogP contribution in [0.4, 0.5) is 11.5 Å². The van der Waals surface area contributed by atoms with E-state index in [0.29, 0.717) is 0 Å². The summed E-state index contributed by atoms with van der Waals surface area (Å²) in [6, 6.07) is 4.35. The number of anilines is 1. The summed E-state index contributed by atoms with van der Waals surface area (Å²) in [6.07, 6.45) is 1.90. The Morgan fingerprint density at radius 3 is 2.41 bits per heavy atom. The summed E-state index contributed by atoms with van der Waals surface area (Å²) in [4.78, 5) is 9.28. The molecule has 0 aromatic carbocycles. The quantitative estimate of drug-likeness (QED) is 0.704. The molecule has 2 bridgehead atoms. The number of hydrogen-bond donors (Lipinski definition) is 0. The van der Waals surface area contributed by atoms with Gasteiger partial charge in [0.1, 0.15) is 0 Å². The highest BCUT2D eigenvalue weighted by molar-refractivity contribution is 5.64. The zero-order valence-corrected chi connectivity index (χ0v) is 10.8. The zero-order chi connectivity index (χ0) is 11.9. The van der Waals surface area contributed by atoms with Crippen molar-refractivity contribution in [3.63, 3.8) is 0 Å². The van der Waals surface area contributed by atoms with Crippen LogP contribution in [0.15, 0.2) is 18.3 Å². The van der Waals surface area contributed by atoms with Crippen LogP contribution in [0.3, 0.4) is 0 Å². The first kappa shape index (κ1) is 11.0. The van der Waals surface area contributed by atoms with E-state index in [0.717, 1.165) is 10.3 Å². The minimum atomic E-state index is 1.14. The predicted molar refractivity (Wildman–Crippen MR) is 71.4 cm³/mol. The molecule has 0 amide bonds. The zero-order valence-electron chi connectivity index (χ0n) is 10.8. The van der Waals surface area contributed by atoms with Gasteiger partial charge in [0.05, 0.1) is 19.6 Å². The van der Waals surface area contributed by atoms with Crippen LogP contribution in [-0.2, 0) is 0 Å². The lowest BCUT2D eigenvalue weighted by Crippen LogP contribution is -2.68. The van der Waals surface area contributed by atoms with E-state index in [2.05, 4.69) is 41.0 Å². The molecule has 3 fully saturated rings. The molecule has 0 aliphatic carbocycles. The molecule has 4 nitrogen and oxygen atoms in total. The van der Waals surface area contributed by atoms with Gasteiger partial charge in [-0.3, -0.25) is 9.38 Å². The van der Waals surface area contributed by atoms with Gasteiger partial charge in [-0.25, -0.2) is 4.98 Å². The van der Waals surface area contributed by atoms with Crippen LogP contribution in [-0.4, -0.2) is 63.2 Å². The molecule has 0 unspecified atom stereocenters. The third kappa shape index (κ3) is 1.72. The Morgan fingerprint density at radius 1 is 1.18 bits per heavy atom. The molecular weight excluding hydrogens is 212 g/mol. The third-order valence-electron chi connectivity index (χ3n) is 4.23. The first-order chi connectivity index (χ1) is 8.21. The fourth-order valence-electron chi connectivity index (χ4n) is 3.13. The van der Waals surface area contributed by atoms with E-state index in [1.165, 1.54) is 45.0 Å². The molecular formula is C13H21N4+. The summed E-state index contributed by atoms with van der Waals surface area (Å²) in [6.45, 7) is 7.44. The van der Waals surface area contributed by atoms with Crippen molar-refractivity contribution in [2.45, 2.75) is 0 Å². The summed E-state index contributed by atoms with van der Waals surface area (Å²) >= 11 is 0. The number of rotatable bonds is 2. The van der Waals surface area contributed by atoms with Crippen molar-refractivity contribution < 1.29 is 0 Å². The molecule has 3 aliphatic heterocycles. The molecule has 0 N–H and O–H groups in total. The SMILES string of the molecule is CN(C)c1ncccc1[N+]12CCN(CC1)CC2. The standard InChI is InChI=1S/C13H21N4/c1-15(2)13-12(4-3-5-14-13)17-9-6-16(7-10-17)8-11-17/h3-5H,6-11H2,1-2H3/q+1. The van der Waals surface area contributed by atoms with Crippen LogP contribution in [0, 0.1) is 0 Å². The van der Waals surface area contributed by atoms with Gasteiger partial charge >= 0.3 is 0 Å². The highest BCUT2D eigenvalue weighted by Gasteiger charge is 2.42. The van der Waals surface area contributed by atoms with Gasteiger partial charge < -0.3 is 4.90 Å². The van der Waals surface area contributed by atoms with Gasteiger partial charge in [0.15, 0.2) is 11.5 Å². The van der Waals surface area contributed by atoms with E-state index >= 15 is 0 Å². The van der Waals surface area contributed by atoms with Gasteiger partial charge in [-0.15, -0.1) is 0 Å². The molecule has 0 saturated carbocycles. The van der Waals surface area contributed by atoms with Gasteiger partial charge in [0, 0.05) is 46.0 Å². The van der Waals surface area contributed by atoms with Crippen molar-refractivity contribution in [1.29, 1.82) is 0 Å². The summed E-state index contributed by atoms with van der Waals surface area (Å²) in [5.41, 5.74) is 1.41.